The summed E-state index contributed by atoms with van der Waals surface area (Å²) in [4.78, 5) is 2.02. The first kappa shape index (κ1) is 13.4. The minimum Gasteiger partial charge on any atom is -0.316 e. The summed E-state index contributed by atoms with van der Waals surface area (Å²) < 4.78 is 26.9. The molecule has 100 valence electrons. The maximum atomic E-state index is 13.9. The number of piperidine rings is 1. The maximum absolute atomic E-state index is 13.9. The Balaban J connectivity index is 2.28. The zero-order valence-corrected chi connectivity index (χ0v) is 10.9. The van der Waals surface area contributed by atoms with Crippen molar-refractivity contribution in [3.8, 4) is 0 Å². The summed E-state index contributed by atoms with van der Waals surface area (Å²) in [6.07, 6.45) is 2.19. The molecule has 1 aliphatic heterocycles. The number of rotatable bonds is 3. The van der Waals surface area contributed by atoms with Crippen LogP contribution in [0.1, 0.15) is 24.4 Å². The quantitative estimate of drug-likeness (QED) is 0.892. The molecule has 1 heterocycles. The van der Waals surface area contributed by atoms with Gasteiger partial charge in [-0.15, -0.1) is 0 Å². The van der Waals surface area contributed by atoms with Gasteiger partial charge in [0.1, 0.15) is 11.6 Å². The molecular weight excluding hydrogens is 234 g/mol. The van der Waals surface area contributed by atoms with Gasteiger partial charge in [-0.05, 0) is 52.0 Å². The molecule has 1 saturated heterocycles. The van der Waals surface area contributed by atoms with Gasteiger partial charge in [0, 0.05) is 17.7 Å². The van der Waals surface area contributed by atoms with Crippen LogP contribution in [0, 0.1) is 17.6 Å². The Morgan fingerprint density at radius 1 is 1.33 bits per heavy atom. The van der Waals surface area contributed by atoms with Gasteiger partial charge in [0.2, 0.25) is 0 Å². The van der Waals surface area contributed by atoms with E-state index in [9.17, 15) is 8.78 Å². The van der Waals surface area contributed by atoms with Crippen molar-refractivity contribution in [3.63, 3.8) is 0 Å². The van der Waals surface area contributed by atoms with Crippen LogP contribution in [-0.2, 0) is 0 Å². The lowest BCUT2D eigenvalue weighted by Crippen LogP contribution is -2.38. The van der Waals surface area contributed by atoms with Gasteiger partial charge in [0.15, 0.2) is 0 Å². The number of nitrogens with zero attached hydrogens (tertiary/aromatic N) is 1. The van der Waals surface area contributed by atoms with Gasteiger partial charge >= 0.3 is 0 Å². The molecule has 1 N–H and O–H groups in total. The van der Waals surface area contributed by atoms with E-state index in [2.05, 4.69) is 5.32 Å². The number of nitrogens with one attached hydrogen (secondary N) is 1. The Labute approximate surface area is 107 Å². The van der Waals surface area contributed by atoms with Gasteiger partial charge in [-0.3, -0.25) is 0 Å². The molecular formula is C14H20F2N2. The van der Waals surface area contributed by atoms with Gasteiger partial charge < -0.3 is 10.2 Å². The fourth-order valence-electron chi connectivity index (χ4n) is 2.84. The summed E-state index contributed by atoms with van der Waals surface area (Å²) in [5.74, 6) is -0.594. The maximum Gasteiger partial charge on any atom is 0.130 e. The van der Waals surface area contributed by atoms with E-state index in [4.69, 9.17) is 0 Å². The lowest BCUT2D eigenvalue weighted by molar-refractivity contribution is 0.177. The van der Waals surface area contributed by atoms with Crippen LogP contribution in [-0.4, -0.2) is 32.1 Å². The summed E-state index contributed by atoms with van der Waals surface area (Å²) in [7, 11) is 3.89. The second-order valence-electron chi connectivity index (χ2n) is 5.18. The molecule has 4 heteroatoms. The zero-order chi connectivity index (χ0) is 13.1. The number of hydrogen-bond donors (Lipinski definition) is 1. The third kappa shape index (κ3) is 2.87. The minimum absolute atomic E-state index is 0.00148. The Morgan fingerprint density at radius 2 is 2.11 bits per heavy atom. The number of hydrogen-bond acceptors (Lipinski definition) is 2. The van der Waals surface area contributed by atoms with Gasteiger partial charge in [0.05, 0.1) is 0 Å². The molecule has 0 aromatic heterocycles. The van der Waals surface area contributed by atoms with E-state index in [-0.39, 0.29) is 6.04 Å². The Bertz CT molecular complexity index is 401. The van der Waals surface area contributed by atoms with Crippen LogP contribution in [0.3, 0.4) is 0 Å². The summed E-state index contributed by atoms with van der Waals surface area (Å²) in [5, 5.41) is 3.35. The minimum atomic E-state index is -0.518. The smallest absolute Gasteiger partial charge is 0.130 e. The van der Waals surface area contributed by atoms with Crippen LogP contribution >= 0.6 is 0 Å². The average Bonchev–Trinajstić information content (AvgIpc) is 2.33. The predicted molar refractivity (Wildman–Crippen MR) is 68.4 cm³/mol. The Hall–Kier alpha value is -1.00. The van der Waals surface area contributed by atoms with Gasteiger partial charge in [0.25, 0.3) is 0 Å². The van der Waals surface area contributed by atoms with Crippen molar-refractivity contribution in [1.82, 2.24) is 10.2 Å². The highest BCUT2D eigenvalue weighted by atomic mass is 19.1. The topological polar surface area (TPSA) is 15.3 Å². The number of halogens is 2. The molecule has 18 heavy (non-hydrogen) atoms. The van der Waals surface area contributed by atoms with Crippen molar-refractivity contribution in [3.05, 3.63) is 35.4 Å². The molecule has 2 unspecified atom stereocenters. The molecule has 0 radical (unpaired) electrons. The van der Waals surface area contributed by atoms with Crippen LogP contribution < -0.4 is 5.32 Å². The van der Waals surface area contributed by atoms with E-state index in [1.54, 1.807) is 6.07 Å². The standard InChI is InChI=1S/C14H20F2N2/c1-18(2)14(10-4-3-7-17-9-10)12-6-5-11(15)8-13(12)16/h5-6,8,10,14,17H,3-4,7,9H2,1-2H3. The van der Waals surface area contributed by atoms with E-state index in [0.29, 0.717) is 11.5 Å². The molecule has 1 aliphatic rings. The predicted octanol–water partition coefficient (Wildman–Crippen LogP) is 2.57. The van der Waals surface area contributed by atoms with E-state index < -0.39 is 11.6 Å². The fraction of sp³-hybridized carbons (Fsp3) is 0.571. The highest BCUT2D eigenvalue weighted by Crippen LogP contribution is 2.32. The van der Waals surface area contributed by atoms with Crippen LogP contribution in [0.15, 0.2) is 18.2 Å². The molecule has 0 bridgehead atoms. The summed E-state index contributed by atoms with van der Waals surface area (Å²) in [6.45, 7) is 1.92. The largest absolute Gasteiger partial charge is 0.316 e. The third-order valence-electron chi connectivity index (χ3n) is 3.62. The normalized spacial score (nSPS) is 22.2. The Kier molecular flexibility index (Phi) is 4.30. The molecule has 2 atom stereocenters. The van der Waals surface area contributed by atoms with Gasteiger partial charge in [-0.2, -0.15) is 0 Å². The van der Waals surface area contributed by atoms with E-state index >= 15 is 0 Å². The monoisotopic (exact) mass is 254 g/mol. The molecule has 1 aromatic carbocycles. The molecule has 1 fully saturated rings. The highest BCUT2D eigenvalue weighted by Gasteiger charge is 2.28. The average molecular weight is 254 g/mol. The molecule has 0 amide bonds. The third-order valence-corrected chi connectivity index (χ3v) is 3.62. The van der Waals surface area contributed by atoms with Crippen LogP contribution in [0.5, 0.6) is 0 Å². The van der Waals surface area contributed by atoms with Crippen molar-refractivity contribution < 1.29 is 8.78 Å². The van der Waals surface area contributed by atoms with Gasteiger partial charge in [-0.25, -0.2) is 8.78 Å². The summed E-state index contributed by atoms with van der Waals surface area (Å²) in [5.41, 5.74) is 0.593. The first-order valence-corrected chi connectivity index (χ1v) is 6.41. The molecule has 0 spiro atoms. The summed E-state index contributed by atoms with van der Waals surface area (Å²) in [6, 6.07) is 3.88. The first-order valence-electron chi connectivity index (χ1n) is 6.41. The SMILES string of the molecule is CN(C)C(c1ccc(F)cc1F)C1CCCNC1. The van der Waals surface area contributed by atoms with Crippen molar-refractivity contribution in [2.24, 2.45) is 5.92 Å². The highest BCUT2D eigenvalue weighted by molar-refractivity contribution is 5.23. The molecule has 0 saturated carbocycles. The van der Waals surface area contributed by atoms with Crippen LogP contribution in [0.4, 0.5) is 8.78 Å². The lowest BCUT2D eigenvalue weighted by Gasteiger charge is -2.35. The molecule has 2 nitrogen and oxygen atoms in total. The van der Waals surface area contributed by atoms with Crippen molar-refractivity contribution >= 4 is 0 Å². The van der Waals surface area contributed by atoms with Crippen molar-refractivity contribution in [2.75, 3.05) is 27.2 Å². The van der Waals surface area contributed by atoms with Crippen LogP contribution in [0.2, 0.25) is 0 Å². The van der Waals surface area contributed by atoms with Crippen molar-refractivity contribution in [1.29, 1.82) is 0 Å². The van der Waals surface area contributed by atoms with E-state index in [0.717, 1.165) is 32.0 Å². The van der Waals surface area contributed by atoms with Crippen LogP contribution in [0.25, 0.3) is 0 Å². The van der Waals surface area contributed by atoms with Gasteiger partial charge in [-0.1, -0.05) is 6.07 Å². The molecule has 0 aliphatic carbocycles. The Morgan fingerprint density at radius 3 is 2.67 bits per heavy atom. The number of benzene rings is 1. The zero-order valence-electron chi connectivity index (χ0n) is 10.9. The molecule has 2 rings (SSSR count). The second-order valence-corrected chi connectivity index (χ2v) is 5.18. The van der Waals surface area contributed by atoms with Crippen molar-refractivity contribution in [2.45, 2.75) is 18.9 Å². The second kappa shape index (κ2) is 5.76. The van der Waals surface area contributed by atoms with E-state index in [1.807, 2.05) is 19.0 Å². The lowest BCUT2D eigenvalue weighted by atomic mass is 9.86. The van der Waals surface area contributed by atoms with E-state index in [1.165, 1.54) is 6.07 Å². The first-order chi connectivity index (χ1) is 8.59. The fourth-order valence-corrected chi connectivity index (χ4v) is 2.84. The molecule has 1 aromatic rings. The summed E-state index contributed by atoms with van der Waals surface area (Å²) >= 11 is 0.